The van der Waals surface area contributed by atoms with E-state index >= 15 is 0 Å². The normalized spacial score (nSPS) is 19.9. The molecule has 0 aliphatic heterocycles. The van der Waals surface area contributed by atoms with Crippen LogP contribution in [0.2, 0.25) is 0 Å². The van der Waals surface area contributed by atoms with Crippen molar-refractivity contribution in [2.24, 2.45) is 5.41 Å². The Morgan fingerprint density at radius 1 is 1.19 bits per heavy atom. The van der Waals surface area contributed by atoms with Gasteiger partial charge in [0, 0.05) is 5.69 Å². The van der Waals surface area contributed by atoms with E-state index < -0.39 is 0 Å². The first-order valence-corrected chi connectivity index (χ1v) is 8.06. The molecule has 1 N–H and O–H groups in total. The molecular weight excluding hydrogens is 329 g/mol. The summed E-state index contributed by atoms with van der Waals surface area (Å²) in [4.78, 5) is 0. The molecule has 1 atom stereocenters. The van der Waals surface area contributed by atoms with E-state index in [9.17, 15) is 4.39 Å². The second kappa shape index (κ2) is 5.45. The van der Waals surface area contributed by atoms with E-state index in [1.807, 2.05) is 6.07 Å². The van der Waals surface area contributed by atoms with Gasteiger partial charge in [-0.3, -0.25) is 0 Å². The van der Waals surface area contributed by atoms with Crippen molar-refractivity contribution in [2.45, 2.75) is 32.7 Å². The number of aryl methyl sites for hydroxylation is 1. The van der Waals surface area contributed by atoms with Crippen LogP contribution in [0.25, 0.3) is 0 Å². The lowest BCUT2D eigenvalue weighted by molar-refractivity contribution is 0.265. The number of anilines is 1. The maximum Gasteiger partial charge on any atom is 0.137 e. The van der Waals surface area contributed by atoms with Crippen molar-refractivity contribution in [1.82, 2.24) is 0 Å². The number of rotatable bonds is 2. The zero-order valence-electron chi connectivity index (χ0n) is 12.3. The molecule has 1 nitrogen and oxygen atoms in total. The van der Waals surface area contributed by atoms with Crippen molar-refractivity contribution in [1.29, 1.82) is 0 Å². The molecule has 0 fully saturated rings. The van der Waals surface area contributed by atoms with Gasteiger partial charge in [-0.1, -0.05) is 38.1 Å². The van der Waals surface area contributed by atoms with Crippen LogP contribution in [-0.4, -0.2) is 0 Å². The minimum atomic E-state index is -0.233. The zero-order chi connectivity index (χ0) is 15.0. The van der Waals surface area contributed by atoms with Crippen molar-refractivity contribution in [3.63, 3.8) is 0 Å². The standard InChI is InChI=1S/C18H19BrFN/c1-18(2)10-9-12-5-3-4-6-14(12)17(18)21-13-7-8-16(20)15(19)11-13/h3-8,11,17,21H,9-10H2,1-2H3. The van der Waals surface area contributed by atoms with Crippen molar-refractivity contribution in [3.8, 4) is 0 Å². The van der Waals surface area contributed by atoms with E-state index in [0.717, 1.165) is 18.5 Å². The number of halogens is 2. The Morgan fingerprint density at radius 3 is 2.71 bits per heavy atom. The highest BCUT2D eigenvalue weighted by Crippen LogP contribution is 2.45. The average Bonchev–Trinajstić information content (AvgIpc) is 2.46. The van der Waals surface area contributed by atoms with Gasteiger partial charge in [-0.15, -0.1) is 0 Å². The summed E-state index contributed by atoms with van der Waals surface area (Å²) >= 11 is 3.26. The first-order valence-electron chi connectivity index (χ1n) is 7.27. The topological polar surface area (TPSA) is 12.0 Å². The predicted molar refractivity (Wildman–Crippen MR) is 89.0 cm³/mol. The second-order valence-electron chi connectivity index (χ2n) is 6.39. The monoisotopic (exact) mass is 347 g/mol. The van der Waals surface area contributed by atoms with Crippen LogP contribution in [0, 0.1) is 11.2 Å². The first-order chi connectivity index (χ1) is 9.97. The number of nitrogens with one attached hydrogen (secondary N) is 1. The Hall–Kier alpha value is -1.35. The van der Waals surface area contributed by atoms with Crippen LogP contribution in [0.1, 0.15) is 37.4 Å². The Kier molecular flexibility index (Phi) is 3.78. The quantitative estimate of drug-likeness (QED) is 0.733. The highest BCUT2D eigenvalue weighted by molar-refractivity contribution is 9.10. The lowest BCUT2D eigenvalue weighted by Crippen LogP contribution is -2.33. The van der Waals surface area contributed by atoms with Crippen molar-refractivity contribution in [2.75, 3.05) is 5.32 Å². The third-order valence-corrected chi connectivity index (χ3v) is 5.02. The molecule has 1 aliphatic rings. The molecular formula is C18H19BrFN. The molecule has 21 heavy (non-hydrogen) atoms. The van der Waals surface area contributed by atoms with Crippen molar-refractivity contribution < 1.29 is 4.39 Å². The van der Waals surface area contributed by atoms with Gasteiger partial charge in [0.2, 0.25) is 0 Å². The summed E-state index contributed by atoms with van der Waals surface area (Å²) in [5.74, 6) is -0.233. The summed E-state index contributed by atoms with van der Waals surface area (Å²) < 4.78 is 13.9. The smallest absolute Gasteiger partial charge is 0.137 e. The molecule has 0 saturated heterocycles. The summed E-state index contributed by atoms with van der Waals surface area (Å²) in [5.41, 5.74) is 3.87. The van der Waals surface area contributed by atoms with Gasteiger partial charge in [0.25, 0.3) is 0 Å². The molecule has 0 amide bonds. The molecule has 110 valence electrons. The zero-order valence-corrected chi connectivity index (χ0v) is 13.9. The predicted octanol–water partition coefficient (Wildman–Crippen LogP) is 5.71. The summed E-state index contributed by atoms with van der Waals surface area (Å²) in [7, 11) is 0. The van der Waals surface area contributed by atoms with Gasteiger partial charge in [-0.05, 0) is 63.5 Å². The Bertz CT molecular complexity index is 666. The molecule has 3 rings (SSSR count). The van der Waals surface area contributed by atoms with Crippen LogP contribution < -0.4 is 5.32 Å². The van der Waals surface area contributed by atoms with Gasteiger partial charge >= 0.3 is 0 Å². The Balaban J connectivity index is 1.97. The summed E-state index contributed by atoms with van der Waals surface area (Å²) in [5, 5.41) is 3.60. The van der Waals surface area contributed by atoms with Crippen molar-refractivity contribution in [3.05, 3.63) is 63.9 Å². The molecule has 2 aromatic carbocycles. The maximum atomic E-state index is 13.4. The number of hydrogen-bond donors (Lipinski definition) is 1. The van der Waals surface area contributed by atoms with Crippen molar-refractivity contribution >= 4 is 21.6 Å². The molecule has 1 aliphatic carbocycles. The van der Waals surface area contributed by atoms with Crippen LogP contribution in [0.4, 0.5) is 10.1 Å². The van der Waals surface area contributed by atoms with E-state index in [-0.39, 0.29) is 17.3 Å². The SMILES string of the molecule is CC1(C)CCc2ccccc2C1Nc1ccc(F)c(Br)c1. The summed E-state index contributed by atoms with van der Waals surface area (Å²) in [6.07, 6.45) is 2.26. The fourth-order valence-corrected chi connectivity index (χ4v) is 3.47. The fraction of sp³-hybridized carbons (Fsp3) is 0.333. The molecule has 0 aromatic heterocycles. The van der Waals surface area contributed by atoms with Crippen LogP contribution in [0.5, 0.6) is 0 Å². The fourth-order valence-electron chi connectivity index (χ4n) is 3.09. The molecule has 3 heteroatoms. The van der Waals surface area contributed by atoms with Gasteiger partial charge in [0.1, 0.15) is 5.82 Å². The van der Waals surface area contributed by atoms with Gasteiger partial charge in [0.15, 0.2) is 0 Å². The minimum Gasteiger partial charge on any atom is -0.378 e. The molecule has 0 radical (unpaired) electrons. The van der Waals surface area contributed by atoms with E-state index in [0.29, 0.717) is 4.47 Å². The highest BCUT2D eigenvalue weighted by Gasteiger charge is 2.35. The van der Waals surface area contributed by atoms with Crippen LogP contribution in [-0.2, 0) is 6.42 Å². The molecule has 2 aromatic rings. The van der Waals surface area contributed by atoms with E-state index in [1.165, 1.54) is 17.2 Å². The number of benzene rings is 2. The first kappa shape index (κ1) is 14.6. The molecule has 0 heterocycles. The molecule has 0 spiro atoms. The number of hydrogen-bond acceptors (Lipinski definition) is 1. The van der Waals surface area contributed by atoms with E-state index in [4.69, 9.17) is 0 Å². The van der Waals surface area contributed by atoms with Crippen LogP contribution in [0.3, 0.4) is 0 Å². The summed E-state index contributed by atoms with van der Waals surface area (Å²) in [6.45, 7) is 4.58. The highest BCUT2D eigenvalue weighted by atomic mass is 79.9. The maximum absolute atomic E-state index is 13.4. The van der Waals surface area contributed by atoms with Crippen LogP contribution >= 0.6 is 15.9 Å². The average molecular weight is 348 g/mol. The Labute approximate surface area is 133 Å². The second-order valence-corrected chi connectivity index (χ2v) is 7.25. The molecule has 0 bridgehead atoms. The minimum absolute atomic E-state index is 0.162. The van der Waals surface area contributed by atoms with E-state index in [2.05, 4.69) is 59.4 Å². The largest absolute Gasteiger partial charge is 0.378 e. The molecule has 0 saturated carbocycles. The lowest BCUT2D eigenvalue weighted by atomic mass is 9.70. The molecule has 1 unspecified atom stereocenters. The Morgan fingerprint density at radius 2 is 1.95 bits per heavy atom. The van der Waals surface area contributed by atoms with Crippen LogP contribution in [0.15, 0.2) is 46.9 Å². The number of fused-ring (bicyclic) bond motifs is 1. The third kappa shape index (κ3) is 2.84. The van der Waals surface area contributed by atoms with Gasteiger partial charge in [-0.25, -0.2) is 4.39 Å². The van der Waals surface area contributed by atoms with E-state index in [1.54, 1.807) is 6.07 Å². The third-order valence-electron chi connectivity index (χ3n) is 4.42. The summed E-state index contributed by atoms with van der Waals surface area (Å²) in [6, 6.07) is 13.9. The van der Waals surface area contributed by atoms with Gasteiger partial charge in [-0.2, -0.15) is 0 Å². The lowest BCUT2D eigenvalue weighted by Gasteiger charge is -2.41. The van der Waals surface area contributed by atoms with Gasteiger partial charge < -0.3 is 5.32 Å². The van der Waals surface area contributed by atoms with Gasteiger partial charge in [0.05, 0.1) is 10.5 Å².